The van der Waals surface area contributed by atoms with Gasteiger partial charge in [0, 0.05) is 23.6 Å². The maximum absolute atomic E-state index is 13.5. The first-order valence-electron chi connectivity index (χ1n) is 11.0. The summed E-state index contributed by atoms with van der Waals surface area (Å²) < 4.78 is 58.4. The molecule has 0 fully saturated rings. The second kappa shape index (κ2) is 9.84. The van der Waals surface area contributed by atoms with Crippen molar-refractivity contribution in [2.75, 3.05) is 9.44 Å². The summed E-state index contributed by atoms with van der Waals surface area (Å²) >= 11 is 0. The molecule has 5 aromatic rings. The van der Waals surface area contributed by atoms with E-state index in [0.717, 1.165) is 0 Å². The Labute approximate surface area is 213 Å². The lowest BCUT2D eigenvalue weighted by Gasteiger charge is -2.10. The Morgan fingerprint density at radius 3 is 1.92 bits per heavy atom. The predicted octanol–water partition coefficient (Wildman–Crippen LogP) is 3.93. The Morgan fingerprint density at radius 2 is 1.27 bits per heavy atom. The highest BCUT2D eigenvalue weighted by Crippen LogP contribution is 2.29. The van der Waals surface area contributed by atoms with Crippen LogP contribution in [0, 0.1) is 0 Å². The monoisotopic (exact) mass is 532 g/mol. The van der Waals surface area contributed by atoms with Crippen molar-refractivity contribution < 1.29 is 16.8 Å². The van der Waals surface area contributed by atoms with Gasteiger partial charge in [-0.3, -0.25) is 4.72 Å². The van der Waals surface area contributed by atoms with Gasteiger partial charge in [-0.1, -0.05) is 48.5 Å². The molecule has 2 heterocycles. The molecule has 2 aromatic heterocycles. The second-order valence-corrected chi connectivity index (χ2v) is 11.1. The van der Waals surface area contributed by atoms with Crippen molar-refractivity contribution in [1.29, 1.82) is 0 Å². The Hall–Kier alpha value is -4.55. The van der Waals surface area contributed by atoms with E-state index in [4.69, 9.17) is 0 Å². The van der Waals surface area contributed by atoms with Gasteiger partial charge in [-0.05, 0) is 42.5 Å². The van der Waals surface area contributed by atoms with Gasteiger partial charge in [0.15, 0.2) is 0 Å². The third-order valence-electron chi connectivity index (χ3n) is 5.25. The van der Waals surface area contributed by atoms with E-state index in [-0.39, 0.29) is 27.1 Å². The summed E-state index contributed by atoms with van der Waals surface area (Å²) in [4.78, 5) is 7.59. The molecule has 12 heteroatoms. The van der Waals surface area contributed by atoms with Crippen molar-refractivity contribution in [3.05, 3.63) is 110 Å². The first-order valence-corrected chi connectivity index (χ1v) is 13.9. The van der Waals surface area contributed by atoms with Crippen LogP contribution in [0.15, 0.2) is 119 Å². The van der Waals surface area contributed by atoms with Gasteiger partial charge in [-0.2, -0.15) is 5.10 Å². The van der Waals surface area contributed by atoms with Gasteiger partial charge in [-0.25, -0.2) is 36.2 Å². The molecule has 10 nitrogen and oxygen atoms in total. The molecule has 37 heavy (non-hydrogen) atoms. The molecule has 5 rings (SSSR count). The maximum atomic E-state index is 13.5. The standard InChI is InChI=1S/C25H20N6O4S2/c32-36(33,30-25-26-16-7-17-27-25)22-14-12-20(13-15-22)29-37(34,35)23-18-31(21-10-5-2-6-11-21)28-24(23)19-8-3-1-4-9-19/h1-18,29H,(H,26,27,30). The van der Waals surface area contributed by atoms with Gasteiger partial charge in [0.25, 0.3) is 20.0 Å². The number of para-hydroxylation sites is 1. The topological polar surface area (TPSA) is 136 Å². The Balaban J connectivity index is 1.45. The maximum Gasteiger partial charge on any atom is 0.265 e. The third-order valence-corrected chi connectivity index (χ3v) is 7.97. The lowest BCUT2D eigenvalue weighted by molar-refractivity contribution is 0.600. The molecule has 0 spiro atoms. The first-order chi connectivity index (χ1) is 17.8. The Bertz CT molecular complexity index is 1730. The van der Waals surface area contributed by atoms with Crippen molar-refractivity contribution >= 4 is 31.7 Å². The van der Waals surface area contributed by atoms with E-state index < -0.39 is 20.0 Å². The van der Waals surface area contributed by atoms with Gasteiger partial charge in [0.1, 0.15) is 10.6 Å². The third kappa shape index (κ3) is 5.34. The Kier molecular flexibility index (Phi) is 6.42. The summed E-state index contributed by atoms with van der Waals surface area (Å²) in [7, 11) is -8.06. The predicted molar refractivity (Wildman–Crippen MR) is 139 cm³/mol. The summed E-state index contributed by atoms with van der Waals surface area (Å²) in [5.41, 5.74) is 1.79. The van der Waals surface area contributed by atoms with Crippen LogP contribution in [0.2, 0.25) is 0 Å². The lowest BCUT2D eigenvalue weighted by atomic mass is 10.2. The fourth-order valence-electron chi connectivity index (χ4n) is 3.51. The van der Waals surface area contributed by atoms with Crippen LogP contribution in [0.3, 0.4) is 0 Å². The van der Waals surface area contributed by atoms with Crippen LogP contribution in [0.25, 0.3) is 16.9 Å². The number of rotatable bonds is 8. The molecule has 0 saturated carbocycles. The van der Waals surface area contributed by atoms with Gasteiger partial charge in [0.05, 0.1) is 16.8 Å². The lowest BCUT2D eigenvalue weighted by Crippen LogP contribution is -2.16. The van der Waals surface area contributed by atoms with Gasteiger partial charge in [-0.15, -0.1) is 0 Å². The number of nitrogens with one attached hydrogen (secondary N) is 2. The van der Waals surface area contributed by atoms with Gasteiger partial charge < -0.3 is 0 Å². The van der Waals surface area contributed by atoms with Crippen molar-refractivity contribution in [3.8, 4) is 16.9 Å². The fourth-order valence-corrected chi connectivity index (χ4v) is 5.67. The molecule has 3 aromatic carbocycles. The van der Waals surface area contributed by atoms with E-state index in [0.29, 0.717) is 11.3 Å². The molecular formula is C25H20N6O4S2. The highest BCUT2D eigenvalue weighted by molar-refractivity contribution is 7.93. The van der Waals surface area contributed by atoms with Crippen LogP contribution in [0.5, 0.6) is 0 Å². The minimum Gasteiger partial charge on any atom is -0.280 e. The van der Waals surface area contributed by atoms with Crippen molar-refractivity contribution in [1.82, 2.24) is 19.7 Å². The van der Waals surface area contributed by atoms with E-state index >= 15 is 0 Å². The van der Waals surface area contributed by atoms with Crippen LogP contribution in [0.1, 0.15) is 0 Å². The SMILES string of the molecule is O=S(=O)(Nc1ncccn1)c1ccc(NS(=O)(=O)c2cn(-c3ccccc3)nc2-c2ccccc2)cc1. The number of hydrogen-bond donors (Lipinski definition) is 2. The van der Waals surface area contributed by atoms with E-state index in [1.165, 1.54) is 47.5 Å². The summed E-state index contributed by atoms with van der Waals surface area (Å²) in [6.07, 6.45) is 4.27. The smallest absolute Gasteiger partial charge is 0.265 e. The minimum atomic E-state index is -4.09. The molecule has 2 N–H and O–H groups in total. The van der Waals surface area contributed by atoms with E-state index in [2.05, 4.69) is 24.5 Å². The van der Waals surface area contributed by atoms with Crippen LogP contribution < -0.4 is 9.44 Å². The zero-order valence-corrected chi connectivity index (χ0v) is 20.8. The van der Waals surface area contributed by atoms with Crippen LogP contribution in [0.4, 0.5) is 11.6 Å². The summed E-state index contributed by atoms with van der Waals surface area (Å²) in [6, 6.07) is 25.0. The average Bonchev–Trinajstić information content (AvgIpc) is 3.37. The molecule has 0 amide bonds. The number of hydrogen-bond acceptors (Lipinski definition) is 7. The molecule has 0 bridgehead atoms. The largest absolute Gasteiger partial charge is 0.280 e. The summed E-state index contributed by atoms with van der Waals surface area (Å²) in [5, 5.41) is 4.54. The molecule has 0 atom stereocenters. The zero-order valence-electron chi connectivity index (χ0n) is 19.1. The zero-order chi connectivity index (χ0) is 25.9. The molecule has 0 radical (unpaired) electrons. The van der Waals surface area contributed by atoms with Crippen LogP contribution >= 0.6 is 0 Å². The summed E-state index contributed by atoms with van der Waals surface area (Å²) in [5.74, 6) is -0.0730. The van der Waals surface area contributed by atoms with E-state index in [9.17, 15) is 16.8 Å². The summed E-state index contributed by atoms with van der Waals surface area (Å²) in [6.45, 7) is 0. The minimum absolute atomic E-state index is 0.0258. The number of benzene rings is 3. The first kappa shape index (κ1) is 24.2. The second-order valence-electron chi connectivity index (χ2n) is 7.80. The fraction of sp³-hybridized carbons (Fsp3) is 0. The highest BCUT2D eigenvalue weighted by Gasteiger charge is 2.25. The number of anilines is 2. The molecule has 0 aliphatic heterocycles. The number of aromatic nitrogens is 4. The quantitative estimate of drug-likeness (QED) is 0.309. The van der Waals surface area contributed by atoms with E-state index in [1.807, 2.05) is 36.4 Å². The molecular weight excluding hydrogens is 512 g/mol. The highest BCUT2D eigenvalue weighted by atomic mass is 32.2. The molecule has 0 aliphatic carbocycles. The molecule has 0 aliphatic rings. The number of nitrogens with zero attached hydrogens (tertiary/aromatic N) is 4. The van der Waals surface area contributed by atoms with Gasteiger partial charge >= 0.3 is 0 Å². The van der Waals surface area contributed by atoms with Gasteiger partial charge in [0.2, 0.25) is 5.95 Å². The number of sulfonamides is 2. The van der Waals surface area contributed by atoms with Crippen molar-refractivity contribution in [2.24, 2.45) is 0 Å². The normalized spacial score (nSPS) is 11.7. The van der Waals surface area contributed by atoms with Crippen LogP contribution in [-0.4, -0.2) is 36.6 Å². The Morgan fingerprint density at radius 1 is 0.649 bits per heavy atom. The molecule has 0 unspecified atom stereocenters. The van der Waals surface area contributed by atoms with E-state index in [1.54, 1.807) is 30.3 Å². The van der Waals surface area contributed by atoms with Crippen LogP contribution in [-0.2, 0) is 20.0 Å². The molecule has 0 saturated heterocycles. The van der Waals surface area contributed by atoms with Crippen molar-refractivity contribution in [3.63, 3.8) is 0 Å². The molecule has 186 valence electrons. The average molecular weight is 533 g/mol. The van der Waals surface area contributed by atoms with Crippen molar-refractivity contribution in [2.45, 2.75) is 9.79 Å².